The van der Waals surface area contributed by atoms with E-state index >= 15 is 0 Å². The number of hydrogen-bond donors (Lipinski definition) is 1. The molecule has 1 fully saturated rings. The molecule has 0 amide bonds. The molecule has 1 saturated heterocycles. The molecular weight excluding hydrogens is 224 g/mol. The molecule has 1 aliphatic heterocycles. The highest BCUT2D eigenvalue weighted by Gasteiger charge is 2.09. The summed E-state index contributed by atoms with van der Waals surface area (Å²) in [5.74, 6) is 0.518. The standard InChI is InChI=1S/C11H24N2O2S/c1-2-16(14,15)11-7-12-6-10-13-8-4-3-5-9-13/h12H,2-11H2,1H3. The monoisotopic (exact) mass is 248 g/mol. The average molecular weight is 248 g/mol. The van der Waals surface area contributed by atoms with Gasteiger partial charge in [0.2, 0.25) is 0 Å². The smallest absolute Gasteiger partial charge is 0.151 e. The Morgan fingerprint density at radius 2 is 1.81 bits per heavy atom. The van der Waals surface area contributed by atoms with E-state index in [4.69, 9.17) is 0 Å². The molecular formula is C11H24N2O2S. The molecule has 0 aliphatic carbocycles. The summed E-state index contributed by atoms with van der Waals surface area (Å²) in [5, 5.41) is 3.20. The first kappa shape index (κ1) is 13.9. The highest BCUT2D eigenvalue weighted by Crippen LogP contribution is 2.07. The molecule has 0 aromatic carbocycles. The minimum absolute atomic E-state index is 0.251. The van der Waals surface area contributed by atoms with E-state index in [1.165, 1.54) is 32.4 Å². The molecule has 5 heteroatoms. The summed E-state index contributed by atoms with van der Waals surface area (Å²) in [7, 11) is -2.80. The lowest BCUT2D eigenvalue weighted by molar-refractivity contribution is 0.229. The van der Waals surface area contributed by atoms with Gasteiger partial charge < -0.3 is 10.2 Å². The van der Waals surface area contributed by atoms with Crippen LogP contribution in [0.5, 0.6) is 0 Å². The third kappa shape index (κ3) is 5.82. The molecule has 16 heavy (non-hydrogen) atoms. The molecule has 1 heterocycles. The van der Waals surface area contributed by atoms with Crippen molar-refractivity contribution >= 4 is 9.84 Å². The van der Waals surface area contributed by atoms with Crippen molar-refractivity contribution in [1.29, 1.82) is 0 Å². The summed E-state index contributed by atoms with van der Waals surface area (Å²) in [4.78, 5) is 2.45. The van der Waals surface area contributed by atoms with Gasteiger partial charge >= 0.3 is 0 Å². The van der Waals surface area contributed by atoms with Gasteiger partial charge in [-0.15, -0.1) is 0 Å². The van der Waals surface area contributed by atoms with Crippen molar-refractivity contribution in [3.63, 3.8) is 0 Å². The topological polar surface area (TPSA) is 49.4 Å². The lowest BCUT2D eigenvalue weighted by Crippen LogP contribution is -2.37. The first-order chi connectivity index (χ1) is 7.64. The SMILES string of the molecule is CCS(=O)(=O)CCNCCN1CCCCC1. The Balaban J connectivity index is 1.99. The van der Waals surface area contributed by atoms with Gasteiger partial charge in [0.05, 0.1) is 5.75 Å². The van der Waals surface area contributed by atoms with Gasteiger partial charge in [0, 0.05) is 25.4 Å². The van der Waals surface area contributed by atoms with Gasteiger partial charge in [0.25, 0.3) is 0 Å². The Morgan fingerprint density at radius 3 is 2.44 bits per heavy atom. The zero-order valence-corrected chi connectivity index (χ0v) is 11.1. The second-order valence-electron chi connectivity index (χ2n) is 4.39. The molecule has 0 aromatic heterocycles. The molecule has 0 saturated carbocycles. The molecule has 96 valence electrons. The van der Waals surface area contributed by atoms with Crippen molar-refractivity contribution in [3.05, 3.63) is 0 Å². The number of likely N-dealkylation sites (tertiary alicyclic amines) is 1. The maximum Gasteiger partial charge on any atom is 0.151 e. The van der Waals surface area contributed by atoms with Gasteiger partial charge in [-0.3, -0.25) is 0 Å². The Bertz CT molecular complexity index is 272. The molecule has 0 bridgehead atoms. The van der Waals surface area contributed by atoms with Crippen molar-refractivity contribution in [2.45, 2.75) is 26.2 Å². The Hall–Kier alpha value is -0.130. The summed E-state index contributed by atoms with van der Waals surface area (Å²) in [5.41, 5.74) is 0. The maximum atomic E-state index is 11.2. The zero-order valence-electron chi connectivity index (χ0n) is 10.2. The van der Waals surface area contributed by atoms with E-state index in [1.54, 1.807) is 6.92 Å². The van der Waals surface area contributed by atoms with Crippen LogP contribution in [-0.2, 0) is 9.84 Å². The summed E-state index contributed by atoms with van der Waals surface area (Å²) >= 11 is 0. The Morgan fingerprint density at radius 1 is 1.12 bits per heavy atom. The molecule has 4 nitrogen and oxygen atoms in total. The van der Waals surface area contributed by atoms with E-state index in [-0.39, 0.29) is 11.5 Å². The molecule has 1 aliphatic rings. The van der Waals surface area contributed by atoms with Gasteiger partial charge in [0.15, 0.2) is 9.84 Å². The van der Waals surface area contributed by atoms with Crippen LogP contribution in [0.1, 0.15) is 26.2 Å². The van der Waals surface area contributed by atoms with Gasteiger partial charge in [-0.1, -0.05) is 13.3 Å². The number of sulfone groups is 1. The van der Waals surface area contributed by atoms with E-state index in [0.29, 0.717) is 6.54 Å². The van der Waals surface area contributed by atoms with Gasteiger partial charge in [-0.2, -0.15) is 0 Å². The lowest BCUT2D eigenvalue weighted by Gasteiger charge is -2.26. The minimum atomic E-state index is -2.80. The molecule has 0 spiro atoms. The first-order valence-corrected chi connectivity index (χ1v) is 8.09. The molecule has 0 aromatic rings. The normalized spacial score (nSPS) is 18.8. The molecule has 0 radical (unpaired) electrons. The second kappa shape index (κ2) is 7.25. The van der Waals surface area contributed by atoms with Crippen LogP contribution in [0.3, 0.4) is 0 Å². The summed E-state index contributed by atoms with van der Waals surface area (Å²) in [6.45, 7) is 6.64. The fraction of sp³-hybridized carbons (Fsp3) is 1.00. The largest absolute Gasteiger partial charge is 0.314 e. The Labute approximate surface area is 99.3 Å². The van der Waals surface area contributed by atoms with E-state index in [0.717, 1.165) is 13.1 Å². The van der Waals surface area contributed by atoms with Crippen molar-refractivity contribution in [2.75, 3.05) is 44.2 Å². The van der Waals surface area contributed by atoms with Crippen LogP contribution in [0.2, 0.25) is 0 Å². The van der Waals surface area contributed by atoms with Crippen LogP contribution >= 0.6 is 0 Å². The van der Waals surface area contributed by atoms with Gasteiger partial charge in [-0.05, 0) is 25.9 Å². The van der Waals surface area contributed by atoms with Crippen molar-refractivity contribution in [3.8, 4) is 0 Å². The summed E-state index contributed by atoms with van der Waals surface area (Å²) < 4.78 is 22.4. The fourth-order valence-corrected chi connectivity index (χ4v) is 2.66. The van der Waals surface area contributed by atoms with Crippen molar-refractivity contribution in [1.82, 2.24) is 10.2 Å². The lowest BCUT2D eigenvalue weighted by atomic mass is 10.1. The van der Waals surface area contributed by atoms with Crippen LogP contribution in [0, 0.1) is 0 Å². The van der Waals surface area contributed by atoms with Gasteiger partial charge in [-0.25, -0.2) is 8.42 Å². The van der Waals surface area contributed by atoms with Crippen LogP contribution in [0.25, 0.3) is 0 Å². The zero-order chi connectivity index (χ0) is 11.9. The average Bonchev–Trinajstić information content (AvgIpc) is 2.30. The van der Waals surface area contributed by atoms with Crippen LogP contribution < -0.4 is 5.32 Å². The highest BCUT2D eigenvalue weighted by atomic mass is 32.2. The summed E-state index contributed by atoms with van der Waals surface area (Å²) in [6, 6.07) is 0. The van der Waals surface area contributed by atoms with Crippen LogP contribution in [0.4, 0.5) is 0 Å². The third-order valence-electron chi connectivity index (χ3n) is 3.08. The van der Waals surface area contributed by atoms with E-state index in [9.17, 15) is 8.42 Å². The summed E-state index contributed by atoms with van der Waals surface area (Å²) in [6.07, 6.45) is 3.98. The number of piperidine rings is 1. The predicted molar refractivity (Wildman–Crippen MR) is 67.5 cm³/mol. The number of rotatable bonds is 7. The van der Waals surface area contributed by atoms with Crippen molar-refractivity contribution < 1.29 is 8.42 Å². The van der Waals surface area contributed by atoms with Crippen LogP contribution in [-0.4, -0.2) is 57.5 Å². The minimum Gasteiger partial charge on any atom is -0.314 e. The third-order valence-corrected chi connectivity index (χ3v) is 4.79. The molecule has 1 N–H and O–H groups in total. The number of hydrogen-bond acceptors (Lipinski definition) is 4. The fourth-order valence-electron chi connectivity index (χ4n) is 1.92. The first-order valence-electron chi connectivity index (χ1n) is 6.27. The number of nitrogens with one attached hydrogen (secondary N) is 1. The van der Waals surface area contributed by atoms with E-state index in [2.05, 4.69) is 10.2 Å². The predicted octanol–water partition coefficient (Wildman–Crippen LogP) is 0.497. The second-order valence-corrected chi connectivity index (χ2v) is 6.86. The molecule has 1 rings (SSSR count). The highest BCUT2D eigenvalue weighted by molar-refractivity contribution is 7.91. The van der Waals surface area contributed by atoms with E-state index < -0.39 is 9.84 Å². The Kier molecular flexibility index (Phi) is 6.31. The van der Waals surface area contributed by atoms with E-state index in [1.807, 2.05) is 0 Å². The quantitative estimate of drug-likeness (QED) is 0.667. The molecule has 0 unspecified atom stereocenters. The number of nitrogens with zero attached hydrogens (tertiary/aromatic N) is 1. The van der Waals surface area contributed by atoms with Gasteiger partial charge in [0.1, 0.15) is 0 Å². The molecule has 0 atom stereocenters. The van der Waals surface area contributed by atoms with Crippen LogP contribution in [0.15, 0.2) is 0 Å². The maximum absolute atomic E-state index is 11.2. The van der Waals surface area contributed by atoms with Crippen molar-refractivity contribution in [2.24, 2.45) is 0 Å².